The third-order valence-electron chi connectivity index (χ3n) is 3.87. The van der Waals surface area contributed by atoms with Crippen LogP contribution in [-0.2, 0) is 4.74 Å². The Morgan fingerprint density at radius 1 is 1.22 bits per heavy atom. The van der Waals surface area contributed by atoms with Crippen molar-refractivity contribution in [1.82, 2.24) is 4.98 Å². The fraction of sp³-hybridized carbons (Fsp3) is 0.222. The number of anilines is 1. The zero-order valence-electron chi connectivity index (χ0n) is 12.8. The van der Waals surface area contributed by atoms with Crippen molar-refractivity contribution < 1.29 is 9.47 Å². The number of fused-ring (bicyclic) bond motifs is 2. The lowest BCUT2D eigenvalue weighted by atomic mass is 10.0. The molecule has 0 saturated heterocycles. The second-order valence-electron chi connectivity index (χ2n) is 5.27. The van der Waals surface area contributed by atoms with Gasteiger partial charge in [0.15, 0.2) is 0 Å². The zero-order valence-corrected chi connectivity index (χ0v) is 12.8. The number of pyridine rings is 1. The predicted molar refractivity (Wildman–Crippen MR) is 89.5 cm³/mol. The van der Waals surface area contributed by atoms with Gasteiger partial charge in [0.05, 0.1) is 11.3 Å². The molecule has 3 heterocycles. The number of ether oxygens (including phenoxy) is 2. The molecule has 23 heavy (non-hydrogen) atoms. The molecule has 5 heteroatoms. The van der Waals surface area contributed by atoms with Gasteiger partial charge < -0.3 is 14.4 Å². The van der Waals surface area contributed by atoms with Crippen LogP contribution in [0.3, 0.4) is 0 Å². The number of hydrogen-bond donors (Lipinski definition) is 0. The molecule has 1 aromatic heterocycles. The van der Waals surface area contributed by atoms with Gasteiger partial charge in [-0.1, -0.05) is 18.2 Å². The Kier molecular flexibility index (Phi) is 3.55. The molecule has 0 radical (unpaired) electrons. The van der Waals surface area contributed by atoms with Gasteiger partial charge >= 0.3 is 0 Å². The lowest BCUT2D eigenvalue weighted by Crippen LogP contribution is -2.37. The number of nitrogens with zero attached hydrogens (tertiary/aromatic N) is 3. The first-order valence-corrected chi connectivity index (χ1v) is 7.68. The number of aliphatic imine (C=N–C) groups is 1. The quantitative estimate of drug-likeness (QED) is 0.874. The maximum atomic E-state index is 6.01. The lowest BCUT2D eigenvalue weighted by molar-refractivity contribution is -0.0462. The summed E-state index contributed by atoms with van der Waals surface area (Å²) in [6, 6.07) is 13.9. The largest absolute Gasteiger partial charge is 0.460 e. The molecule has 116 valence electrons. The van der Waals surface area contributed by atoms with Crippen molar-refractivity contribution >= 4 is 17.7 Å². The molecule has 0 aliphatic carbocycles. The van der Waals surface area contributed by atoms with E-state index in [-0.39, 0.29) is 0 Å². The van der Waals surface area contributed by atoms with E-state index < -0.39 is 6.29 Å². The second-order valence-corrected chi connectivity index (χ2v) is 5.27. The zero-order chi connectivity index (χ0) is 15.6. The summed E-state index contributed by atoms with van der Waals surface area (Å²) in [4.78, 5) is 11.0. The number of rotatable bonds is 3. The Bertz CT molecular complexity index is 771. The molecule has 1 atom stereocenters. The topological polar surface area (TPSA) is 47.0 Å². The Morgan fingerprint density at radius 2 is 2.09 bits per heavy atom. The van der Waals surface area contributed by atoms with E-state index in [4.69, 9.17) is 9.47 Å². The second kappa shape index (κ2) is 5.85. The van der Waals surface area contributed by atoms with Crippen LogP contribution in [0.15, 0.2) is 59.2 Å². The minimum Gasteiger partial charge on any atom is -0.460 e. The standard InChI is InChI=1S/C18H17N3O2/c1-2-22-18-14-11-19-12-21(16-9-5-6-10-20-16)17(14)13-7-3-4-8-15(13)23-18/h3-11,18H,2,12H2,1H3. The van der Waals surface area contributed by atoms with Gasteiger partial charge in [-0.25, -0.2) is 4.98 Å². The monoisotopic (exact) mass is 307 g/mol. The van der Waals surface area contributed by atoms with Crippen LogP contribution >= 0.6 is 0 Å². The summed E-state index contributed by atoms with van der Waals surface area (Å²) in [6.07, 6.45) is 3.20. The molecule has 0 fully saturated rings. The molecule has 4 rings (SSSR count). The average Bonchev–Trinajstić information content (AvgIpc) is 2.62. The number of aromatic nitrogens is 1. The highest BCUT2D eigenvalue weighted by atomic mass is 16.7. The van der Waals surface area contributed by atoms with E-state index in [1.165, 1.54) is 0 Å². The molecule has 0 spiro atoms. The molecule has 1 unspecified atom stereocenters. The molecule has 0 saturated carbocycles. The number of benzene rings is 1. The summed E-state index contributed by atoms with van der Waals surface area (Å²) >= 11 is 0. The van der Waals surface area contributed by atoms with Gasteiger partial charge in [0.25, 0.3) is 0 Å². The molecular weight excluding hydrogens is 290 g/mol. The van der Waals surface area contributed by atoms with Gasteiger partial charge in [-0.05, 0) is 31.2 Å². The van der Waals surface area contributed by atoms with Crippen molar-refractivity contribution in [2.45, 2.75) is 13.2 Å². The van der Waals surface area contributed by atoms with Crippen LogP contribution in [0.4, 0.5) is 5.82 Å². The summed E-state index contributed by atoms with van der Waals surface area (Å²) in [5.74, 6) is 1.68. The van der Waals surface area contributed by atoms with E-state index in [0.717, 1.165) is 28.4 Å². The van der Waals surface area contributed by atoms with Gasteiger partial charge in [0, 0.05) is 24.6 Å². The Labute approximate surface area is 134 Å². The molecule has 0 N–H and O–H groups in total. The molecule has 0 amide bonds. The van der Waals surface area contributed by atoms with Crippen LogP contribution < -0.4 is 9.64 Å². The van der Waals surface area contributed by atoms with Crippen LogP contribution in [0, 0.1) is 0 Å². The van der Waals surface area contributed by atoms with Crippen molar-refractivity contribution in [3.8, 4) is 5.75 Å². The summed E-state index contributed by atoms with van der Waals surface area (Å²) < 4.78 is 11.8. The van der Waals surface area contributed by atoms with Gasteiger partial charge in [0.1, 0.15) is 18.2 Å². The van der Waals surface area contributed by atoms with E-state index in [1.54, 1.807) is 6.20 Å². The van der Waals surface area contributed by atoms with Gasteiger partial charge in [-0.2, -0.15) is 0 Å². The molecule has 2 aliphatic rings. The van der Waals surface area contributed by atoms with Crippen LogP contribution in [0.2, 0.25) is 0 Å². The van der Waals surface area contributed by atoms with E-state index >= 15 is 0 Å². The molecule has 0 bridgehead atoms. The smallest absolute Gasteiger partial charge is 0.230 e. The van der Waals surface area contributed by atoms with Crippen molar-refractivity contribution in [3.05, 3.63) is 59.8 Å². The Morgan fingerprint density at radius 3 is 2.91 bits per heavy atom. The normalized spacial score (nSPS) is 19.2. The molecular formula is C18H17N3O2. The number of hydrogen-bond acceptors (Lipinski definition) is 5. The minimum atomic E-state index is -0.444. The van der Waals surface area contributed by atoms with E-state index in [9.17, 15) is 0 Å². The maximum Gasteiger partial charge on any atom is 0.230 e. The summed E-state index contributed by atoms with van der Waals surface area (Å²) in [5.41, 5.74) is 3.02. The highest BCUT2D eigenvalue weighted by Crippen LogP contribution is 2.40. The van der Waals surface area contributed by atoms with E-state index in [1.807, 2.05) is 49.5 Å². The first kappa shape index (κ1) is 14.0. The fourth-order valence-electron chi connectivity index (χ4n) is 2.90. The van der Waals surface area contributed by atoms with Gasteiger partial charge in [-0.3, -0.25) is 4.99 Å². The lowest BCUT2D eigenvalue weighted by Gasteiger charge is -2.36. The summed E-state index contributed by atoms with van der Waals surface area (Å²) in [5, 5.41) is 0. The molecule has 5 nitrogen and oxygen atoms in total. The highest BCUT2D eigenvalue weighted by molar-refractivity contribution is 5.99. The first-order chi connectivity index (χ1) is 11.4. The maximum absolute atomic E-state index is 6.01. The van der Waals surface area contributed by atoms with Crippen LogP contribution in [0.5, 0.6) is 5.75 Å². The summed E-state index contributed by atoms with van der Waals surface area (Å²) in [6.45, 7) is 3.06. The van der Waals surface area contributed by atoms with Crippen LogP contribution in [0.1, 0.15) is 12.5 Å². The summed E-state index contributed by atoms with van der Waals surface area (Å²) in [7, 11) is 0. The third kappa shape index (κ3) is 2.39. The van der Waals surface area contributed by atoms with E-state index in [2.05, 4.69) is 20.9 Å². The third-order valence-corrected chi connectivity index (χ3v) is 3.87. The molecule has 2 aromatic rings. The van der Waals surface area contributed by atoms with Crippen molar-refractivity contribution in [1.29, 1.82) is 0 Å². The van der Waals surface area contributed by atoms with Crippen molar-refractivity contribution in [3.63, 3.8) is 0 Å². The average molecular weight is 307 g/mol. The predicted octanol–water partition coefficient (Wildman–Crippen LogP) is 3.10. The Balaban J connectivity index is 1.88. The number of para-hydroxylation sites is 1. The van der Waals surface area contributed by atoms with Gasteiger partial charge in [-0.15, -0.1) is 0 Å². The molecule has 1 aromatic carbocycles. The van der Waals surface area contributed by atoms with Crippen LogP contribution in [-0.4, -0.2) is 30.8 Å². The fourth-order valence-corrected chi connectivity index (χ4v) is 2.90. The Hall–Kier alpha value is -2.66. The van der Waals surface area contributed by atoms with Crippen molar-refractivity contribution in [2.75, 3.05) is 18.2 Å². The minimum absolute atomic E-state index is 0.444. The van der Waals surface area contributed by atoms with E-state index in [0.29, 0.717) is 13.3 Å². The SMILES string of the molecule is CCOC1Oc2ccccc2C2=C1C=NCN2c1ccccn1. The highest BCUT2D eigenvalue weighted by Gasteiger charge is 2.33. The van der Waals surface area contributed by atoms with Gasteiger partial charge in [0.2, 0.25) is 6.29 Å². The molecule has 2 aliphatic heterocycles. The van der Waals surface area contributed by atoms with Crippen LogP contribution in [0.25, 0.3) is 5.70 Å². The first-order valence-electron chi connectivity index (χ1n) is 7.68. The van der Waals surface area contributed by atoms with Crippen molar-refractivity contribution in [2.24, 2.45) is 4.99 Å².